The van der Waals surface area contributed by atoms with E-state index in [0.717, 1.165) is 19.5 Å². The van der Waals surface area contributed by atoms with E-state index in [4.69, 9.17) is 14.2 Å². The van der Waals surface area contributed by atoms with E-state index < -0.39 is 35.7 Å². The number of benzene rings is 1. The molecule has 9 heteroatoms. The number of phenolic OH excluding ortho intramolecular Hbond substituents is 1. The maximum Gasteiger partial charge on any atom is 0.342 e. The molecule has 9 nitrogen and oxygen atoms in total. The van der Waals surface area contributed by atoms with Crippen molar-refractivity contribution in [1.29, 1.82) is 0 Å². The lowest BCUT2D eigenvalue weighted by molar-refractivity contribution is -0.183. The molecule has 0 spiro atoms. The number of nitrogens with zero attached hydrogens (tertiary/aromatic N) is 1. The second-order valence-corrected chi connectivity index (χ2v) is 8.32. The summed E-state index contributed by atoms with van der Waals surface area (Å²) in [4.78, 5) is 38.3. The molecular weight excluding hydrogens is 406 g/mol. The summed E-state index contributed by atoms with van der Waals surface area (Å²) in [6.45, 7) is 5.46. The van der Waals surface area contributed by atoms with Gasteiger partial charge in [-0.05, 0) is 45.4 Å². The molecule has 2 N–H and O–H groups in total. The molecule has 0 bridgehead atoms. The number of aromatic hydroxyl groups is 1. The predicted octanol–water partition coefficient (Wildman–Crippen LogP) is 1.26. The summed E-state index contributed by atoms with van der Waals surface area (Å²) < 4.78 is 16.0. The van der Waals surface area contributed by atoms with Crippen molar-refractivity contribution >= 4 is 17.9 Å². The second kappa shape index (κ2) is 9.23. The van der Waals surface area contributed by atoms with Crippen molar-refractivity contribution < 1.29 is 38.8 Å². The van der Waals surface area contributed by atoms with Crippen LogP contribution >= 0.6 is 0 Å². The number of aliphatic hydroxyl groups is 1. The molecule has 0 saturated carbocycles. The van der Waals surface area contributed by atoms with E-state index in [0.29, 0.717) is 6.42 Å². The van der Waals surface area contributed by atoms with E-state index in [-0.39, 0.29) is 29.9 Å². The fourth-order valence-corrected chi connectivity index (χ4v) is 4.23. The third kappa shape index (κ3) is 4.99. The number of para-hydroxylation sites is 1. The Balaban J connectivity index is 1.60. The second-order valence-electron chi connectivity index (χ2n) is 8.32. The number of hydrogen-bond donors (Lipinski definition) is 2. The van der Waals surface area contributed by atoms with Gasteiger partial charge in [0.05, 0.1) is 12.6 Å². The lowest BCUT2D eigenvalue weighted by atomic mass is 9.96. The minimum atomic E-state index is -1.98. The molecule has 2 fully saturated rings. The number of carbonyl (C=O) groups is 3. The molecular formula is C22H29NO8. The van der Waals surface area contributed by atoms with Crippen LogP contribution in [-0.4, -0.2) is 76.6 Å². The van der Waals surface area contributed by atoms with Crippen molar-refractivity contribution in [2.24, 2.45) is 5.92 Å². The van der Waals surface area contributed by atoms with E-state index in [1.54, 1.807) is 12.1 Å². The maximum absolute atomic E-state index is 12.5. The number of ether oxygens (including phenoxy) is 3. The van der Waals surface area contributed by atoms with Crippen LogP contribution in [0.25, 0.3) is 0 Å². The van der Waals surface area contributed by atoms with Crippen LogP contribution in [0.5, 0.6) is 5.75 Å². The molecule has 0 aliphatic carbocycles. The first-order valence-corrected chi connectivity index (χ1v) is 10.4. The number of esters is 3. The van der Waals surface area contributed by atoms with Gasteiger partial charge in [-0.2, -0.15) is 0 Å². The highest BCUT2D eigenvalue weighted by Crippen LogP contribution is 2.36. The molecule has 5 atom stereocenters. The zero-order chi connectivity index (χ0) is 22.8. The predicted molar refractivity (Wildman–Crippen MR) is 108 cm³/mol. The molecule has 170 valence electrons. The van der Waals surface area contributed by atoms with Gasteiger partial charge in [0.15, 0.2) is 5.60 Å². The van der Waals surface area contributed by atoms with Crippen LogP contribution in [-0.2, 0) is 23.8 Å². The topological polar surface area (TPSA) is 123 Å². The molecule has 2 aliphatic rings. The number of hydrogen-bond acceptors (Lipinski definition) is 9. The Labute approximate surface area is 180 Å². The summed E-state index contributed by atoms with van der Waals surface area (Å²) in [7, 11) is 0. The van der Waals surface area contributed by atoms with Gasteiger partial charge >= 0.3 is 17.9 Å². The SMILES string of the molecule is CC(=O)OC(C)C(C)(O)C(=O)OCC1CCN2CCC(OC(=O)c3ccccc3O)C12. The van der Waals surface area contributed by atoms with Crippen LogP contribution in [0, 0.1) is 5.92 Å². The zero-order valence-electron chi connectivity index (χ0n) is 17.9. The van der Waals surface area contributed by atoms with Gasteiger partial charge in [0.1, 0.15) is 23.5 Å². The van der Waals surface area contributed by atoms with Gasteiger partial charge in [0.25, 0.3) is 0 Å². The van der Waals surface area contributed by atoms with Gasteiger partial charge in [-0.3, -0.25) is 9.69 Å². The number of rotatable bonds is 7. The lowest BCUT2D eigenvalue weighted by Gasteiger charge is -2.29. The summed E-state index contributed by atoms with van der Waals surface area (Å²) in [6.07, 6.45) is -0.0463. The molecule has 31 heavy (non-hydrogen) atoms. The molecule has 3 rings (SSSR count). The Kier molecular flexibility index (Phi) is 6.86. The monoisotopic (exact) mass is 435 g/mol. The van der Waals surface area contributed by atoms with Gasteiger partial charge in [-0.15, -0.1) is 0 Å². The summed E-state index contributed by atoms with van der Waals surface area (Å²) in [5.74, 6) is -2.28. The average molecular weight is 435 g/mol. The minimum absolute atomic E-state index is 0.0492. The largest absolute Gasteiger partial charge is 0.507 e. The Hall–Kier alpha value is -2.65. The highest BCUT2D eigenvalue weighted by molar-refractivity contribution is 5.92. The molecule has 0 amide bonds. The quantitative estimate of drug-likeness (QED) is 0.481. The van der Waals surface area contributed by atoms with Crippen LogP contribution in [0.4, 0.5) is 0 Å². The van der Waals surface area contributed by atoms with Crippen LogP contribution in [0.1, 0.15) is 44.0 Å². The van der Waals surface area contributed by atoms with Gasteiger partial charge < -0.3 is 24.4 Å². The van der Waals surface area contributed by atoms with Crippen molar-refractivity contribution in [2.75, 3.05) is 19.7 Å². The maximum atomic E-state index is 12.5. The third-order valence-electron chi connectivity index (χ3n) is 6.13. The molecule has 0 aromatic heterocycles. The highest BCUT2D eigenvalue weighted by Gasteiger charge is 2.47. The Bertz CT molecular complexity index is 839. The molecule has 1 aromatic rings. The lowest BCUT2D eigenvalue weighted by Crippen LogP contribution is -2.49. The summed E-state index contributed by atoms with van der Waals surface area (Å²) >= 11 is 0. The van der Waals surface area contributed by atoms with Crippen molar-refractivity contribution in [3.05, 3.63) is 29.8 Å². The first kappa shape index (κ1) is 23.0. The fraction of sp³-hybridized carbons (Fsp3) is 0.591. The van der Waals surface area contributed by atoms with Crippen molar-refractivity contribution in [3.8, 4) is 5.75 Å². The number of phenols is 1. The molecule has 2 aliphatic heterocycles. The van der Waals surface area contributed by atoms with Crippen LogP contribution < -0.4 is 0 Å². The molecule has 1 aromatic carbocycles. The average Bonchev–Trinajstić information content (AvgIpc) is 3.29. The first-order chi connectivity index (χ1) is 14.6. The Morgan fingerprint density at radius 1 is 1.23 bits per heavy atom. The van der Waals surface area contributed by atoms with Crippen molar-refractivity contribution in [1.82, 2.24) is 4.90 Å². The molecule has 0 radical (unpaired) electrons. The van der Waals surface area contributed by atoms with Gasteiger partial charge in [0.2, 0.25) is 0 Å². The highest BCUT2D eigenvalue weighted by atomic mass is 16.6. The smallest absolute Gasteiger partial charge is 0.342 e. The summed E-state index contributed by atoms with van der Waals surface area (Å²) in [5.41, 5.74) is -1.87. The molecule has 5 unspecified atom stereocenters. The number of carbonyl (C=O) groups excluding carboxylic acids is 3. The van der Waals surface area contributed by atoms with E-state index >= 15 is 0 Å². The first-order valence-electron chi connectivity index (χ1n) is 10.4. The Morgan fingerprint density at radius 3 is 2.58 bits per heavy atom. The zero-order valence-corrected chi connectivity index (χ0v) is 17.9. The summed E-state index contributed by atoms with van der Waals surface area (Å²) in [6, 6.07) is 6.10. The van der Waals surface area contributed by atoms with E-state index in [2.05, 4.69) is 4.90 Å². The molecule has 2 heterocycles. The minimum Gasteiger partial charge on any atom is -0.507 e. The standard InChI is InChI=1S/C22H29NO8/c1-13(30-14(2)24)22(3,28)21(27)29-12-15-8-10-23-11-9-18(19(15)23)31-20(26)16-6-4-5-7-17(16)25/h4-7,13,15,18-19,25,28H,8-12H2,1-3H3. The van der Waals surface area contributed by atoms with Crippen LogP contribution in [0.15, 0.2) is 24.3 Å². The van der Waals surface area contributed by atoms with Crippen LogP contribution in [0.3, 0.4) is 0 Å². The van der Waals surface area contributed by atoms with Crippen molar-refractivity contribution in [2.45, 2.75) is 57.5 Å². The fourth-order valence-electron chi connectivity index (χ4n) is 4.23. The van der Waals surface area contributed by atoms with E-state index in [1.807, 2.05) is 0 Å². The van der Waals surface area contributed by atoms with E-state index in [1.165, 1.54) is 32.9 Å². The molecule has 2 saturated heterocycles. The van der Waals surface area contributed by atoms with E-state index in [9.17, 15) is 24.6 Å². The normalized spacial score (nSPS) is 25.9. The van der Waals surface area contributed by atoms with Gasteiger partial charge in [0, 0.05) is 19.4 Å². The summed E-state index contributed by atoms with van der Waals surface area (Å²) in [5, 5.41) is 20.3. The van der Waals surface area contributed by atoms with Crippen LogP contribution in [0.2, 0.25) is 0 Å². The Morgan fingerprint density at radius 2 is 1.90 bits per heavy atom. The third-order valence-corrected chi connectivity index (χ3v) is 6.13. The number of fused-ring (bicyclic) bond motifs is 1. The van der Waals surface area contributed by atoms with Gasteiger partial charge in [-0.25, -0.2) is 9.59 Å². The van der Waals surface area contributed by atoms with Gasteiger partial charge in [-0.1, -0.05) is 12.1 Å². The van der Waals surface area contributed by atoms with Crippen molar-refractivity contribution in [3.63, 3.8) is 0 Å².